The van der Waals surface area contributed by atoms with Crippen molar-refractivity contribution < 1.29 is 0 Å². The highest BCUT2D eigenvalue weighted by Crippen LogP contribution is 2.35. The van der Waals surface area contributed by atoms with Crippen molar-refractivity contribution >= 4 is 28.5 Å². The molecule has 3 nitrogen and oxygen atoms in total. The van der Waals surface area contributed by atoms with E-state index in [-0.39, 0.29) is 0 Å². The van der Waals surface area contributed by atoms with Gasteiger partial charge in [0, 0.05) is 12.6 Å². The zero-order chi connectivity index (χ0) is 13.5. The number of nitrogens with zero attached hydrogens (tertiary/aromatic N) is 2. The average molecular weight is 301 g/mol. The van der Waals surface area contributed by atoms with Crippen LogP contribution in [-0.4, -0.2) is 16.3 Å². The maximum absolute atomic E-state index is 4.86. The Kier molecular flexibility index (Phi) is 2.89. The molecule has 4 heterocycles. The summed E-state index contributed by atoms with van der Waals surface area (Å²) in [4.78, 5) is 1.28. The lowest BCUT2D eigenvalue weighted by Crippen LogP contribution is -2.23. The second-order valence-corrected chi connectivity index (χ2v) is 6.78. The van der Waals surface area contributed by atoms with Crippen molar-refractivity contribution in [2.45, 2.75) is 19.4 Å². The quantitative estimate of drug-likeness (QED) is 0.761. The molecule has 0 saturated carbocycles. The van der Waals surface area contributed by atoms with Gasteiger partial charge in [0.05, 0.1) is 10.9 Å². The summed E-state index contributed by atoms with van der Waals surface area (Å²) in [5.41, 5.74) is 3.76. The fourth-order valence-electron chi connectivity index (χ4n) is 2.74. The highest BCUT2D eigenvalue weighted by molar-refractivity contribution is 7.13. The number of thiophene rings is 2. The summed E-state index contributed by atoms with van der Waals surface area (Å²) in [6.45, 7) is 3.16. The van der Waals surface area contributed by atoms with E-state index in [4.69, 9.17) is 5.10 Å². The van der Waals surface area contributed by atoms with E-state index < -0.39 is 0 Å². The largest absolute Gasteiger partial charge is 0.370 e. The molecule has 0 radical (unpaired) electrons. The summed E-state index contributed by atoms with van der Waals surface area (Å²) < 4.78 is 2.15. The van der Waals surface area contributed by atoms with Crippen LogP contribution in [0.5, 0.6) is 0 Å². The third-order valence-corrected chi connectivity index (χ3v) is 5.52. The predicted octanol–water partition coefficient (Wildman–Crippen LogP) is 4.39. The Balaban J connectivity index is 1.80. The maximum Gasteiger partial charge on any atom is 0.125 e. The molecule has 0 amide bonds. The third-order valence-electron chi connectivity index (χ3n) is 3.78. The molecule has 0 fully saturated rings. The van der Waals surface area contributed by atoms with Crippen LogP contribution in [0, 0.1) is 6.92 Å². The van der Waals surface area contributed by atoms with Gasteiger partial charge in [0.15, 0.2) is 0 Å². The summed E-state index contributed by atoms with van der Waals surface area (Å²) in [6, 6.07) is 6.91. The van der Waals surface area contributed by atoms with Gasteiger partial charge in [0.25, 0.3) is 0 Å². The smallest absolute Gasteiger partial charge is 0.125 e. The van der Waals surface area contributed by atoms with Gasteiger partial charge in [-0.25, -0.2) is 4.68 Å². The first-order valence-electron chi connectivity index (χ1n) is 6.73. The summed E-state index contributed by atoms with van der Waals surface area (Å²) in [5, 5.41) is 14.8. The molecule has 4 rings (SSSR count). The number of nitrogens with one attached hydrogen (secondary N) is 1. The number of aryl methyl sites for hydroxylation is 1. The standard InChI is InChI=1S/C15H15N3S2/c1-10-3-7-20-15(10)12-8-14-16-5-2-13(18(14)17-12)11-4-6-19-9-11/h3-4,6-9,13,16H,2,5H2,1H3. The number of hydrogen-bond acceptors (Lipinski definition) is 4. The number of hydrogen-bond donors (Lipinski definition) is 1. The molecule has 3 aromatic heterocycles. The van der Waals surface area contributed by atoms with Gasteiger partial charge in [0.1, 0.15) is 11.5 Å². The number of anilines is 1. The van der Waals surface area contributed by atoms with Crippen LogP contribution < -0.4 is 5.32 Å². The molecule has 0 spiro atoms. The molecule has 5 heteroatoms. The van der Waals surface area contributed by atoms with Crippen LogP contribution in [0.3, 0.4) is 0 Å². The molecule has 0 bridgehead atoms. The molecular formula is C15H15N3S2. The second-order valence-electron chi connectivity index (χ2n) is 5.08. The Morgan fingerprint density at radius 2 is 2.30 bits per heavy atom. The predicted molar refractivity (Wildman–Crippen MR) is 85.8 cm³/mol. The van der Waals surface area contributed by atoms with E-state index in [9.17, 15) is 0 Å². The maximum atomic E-state index is 4.86. The Hall–Kier alpha value is -1.59. The van der Waals surface area contributed by atoms with Crippen LogP contribution in [0.4, 0.5) is 5.82 Å². The van der Waals surface area contributed by atoms with Gasteiger partial charge in [-0.2, -0.15) is 16.4 Å². The lowest BCUT2D eigenvalue weighted by atomic mass is 10.1. The Morgan fingerprint density at radius 3 is 3.05 bits per heavy atom. The fraction of sp³-hybridized carbons (Fsp3) is 0.267. The zero-order valence-corrected chi connectivity index (χ0v) is 12.8. The van der Waals surface area contributed by atoms with E-state index >= 15 is 0 Å². The molecule has 1 aliphatic heterocycles. The van der Waals surface area contributed by atoms with Crippen LogP contribution in [0.2, 0.25) is 0 Å². The number of fused-ring (bicyclic) bond motifs is 1. The van der Waals surface area contributed by atoms with Gasteiger partial charge in [-0.15, -0.1) is 11.3 Å². The zero-order valence-electron chi connectivity index (χ0n) is 11.2. The molecule has 1 unspecified atom stereocenters. The number of aromatic nitrogens is 2. The Morgan fingerprint density at radius 1 is 1.35 bits per heavy atom. The van der Waals surface area contributed by atoms with Gasteiger partial charge in [-0.05, 0) is 52.7 Å². The molecule has 0 saturated heterocycles. The van der Waals surface area contributed by atoms with Crippen LogP contribution in [0.25, 0.3) is 10.6 Å². The SMILES string of the molecule is Cc1ccsc1-c1cc2n(n1)C(c1ccsc1)CCN2. The number of rotatable bonds is 2. The van der Waals surface area contributed by atoms with Crippen LogP contribution in [0.15, 0.2) is 34.3 Å². The monoisotopic (exact) mass is 301 g/mol. The molecule has 1 atom stereocenters. The average Bonchev–Trinajstić information content (AvgIpc) is 3.17. The fourth-order valence-corrected chi connectivity index (χ4v) is 4.33. The van der Waals surface area contributed by atoms with Crippen molar-refractivity contribution in [2.24, 2.45) is 0 Å². The van der Waals surface area contributed by atoms with Crippen molar-refractivity contribution in [3.05, 3.63) is 45.5 Å². The highest BCUT2D eigenvalue weighted by Gasteiger charge is 2.24. The van der Waals surface area contributed by atoms with Gasteiger partial charge in [-0.3, -0.25) is 0 Å². The molecule has 3 aromatic rings. The molecule has 0 aliphatic carbocycles. The molecule has 1 aliphatic rings. The van der Waals surface area contributed by atoms with Crippen molar-refractivity contribution in [1.29, 1.82) is 0 Å². The summed E-state index contributed by atoms with van der Waals surface area (Å²) in [5.74, 6) is 1.13. The van der Waals surface area contributed by atoms with Gasteiger partial charge in [0.2, 0.25) is 0 Å². The highest BCUT2D eigenvalue weighted by atomic mass is 32.1. The molecular weight excluding hydrogens is 286 g/mol. The van der Waals surface area contributed by atoms with Gasteiger partial charge >= 0.3 is 0 Å². The first kappa shape index (κ1) is 12.2. The third kappa shape index (κ3) is 1.89. The first-order chi connectivity index (χ1) is 9.83. The molecule has 102 valence electrons. The van der Waals surface area contributed by atoms with Gasteiger partial charge in [-0.1, -0.05) is 0 Å². The molecule has 1 N–H and O–H groups in total. The first-order valence-corrected chi connectivity index (χ1v) is 8.55. The van der Waals surface area contributed by atoms with Gasteiger partial charge < -0.3 is 5.32 Å². The molecule has 20 heavy (non-hydrogen) atoms. The van der Waals surface area contributed by atoms with Crippen LogP contribution in [0.1, 0.15) is 23.6 Å². The van der Waals surface area contributed by atoms with E-state index in [1.807, 2.05) is 0 Å². The van der Waals surface area contributed by atoms with E-state index in [2.05, 4.69) is 51.3 Å². The van der Waals surface area contributed by atoms with E-state index in [0.717, 1.165) is 24.5 Å². The van der Waals surface area contributed by atoms with E-state index in [1.165, 1.54) is 16.0 Å². The normalized spacial score (nSPS) is 17.8. The summed E-state index contributed by atoms with van der Waals surface area (Å²) >= 11 is 3.52. The topological polar surface area (TPSA) is 29.9 Å². The molecule has 0 aromatic carbocycles. The van der Waals surface area contributed by atoms with Crippen LogP contribution in [-0.2, 0) is 0 Å². The minimum atomic E-state index is 0.367. The van der Waals surface area contributed by atoms with Crippen molar-refractivity contribution in [3.8, 4) is 10.6 Å². The van der Waals surface area contributed by atoms with Crippen molar-refractivity contribution in [1.82, 2.24) is 9.78 Å². The second kappa shape index (κ2) is 4.75. The lowest BCUT2D eigenvalue weighted by molar-refractivity contribution is 0.484. The van der Waals surface area contributed by atoms with E-state index in [0.29, 0.717) is 6.04 Å². The Labute approximate surface area is 125 Å². The van der Waals surface area contributed by atoms with Crippen LogP contribution >= 0.6 is 22.7 Å². The summed E-state index contributed by atoms with van der Waals surface area (Å²) in [7, 11) is 0. The summed E-state index contributed by atoms with van der Waals surface area (Å²) in [6.07, 6.45) is 1.09. The Bertz CT molecular complexity index is 724. The lowest BCUT2D eigenvalue weighted by Gasteiger charge is -2.25. The minimum absolute atomic E-state index is 0.367. The van der Waals surface area contributed by atoms with Crippen molar-refractivity contribution in [3.63, 3.8) is 0 Å². The van der Waals surface area contributed by atoms with Crippen molar-refractivity contribution in [2.75, 3.05) is 11.9 Å². The minimum Gasteiger partial charge on any atom is -0.370 e. The van der Waals surface area contributed by atoms with E-state index in [1.54, 1.807) is 22.7 Å².